The summed E-state index contributed by atoms with van der Waals surface area (Å²) in [5.41, 5.74) is 0.395. The molecule has 2 fully saturated rings. The second-order valence-corrected chi connectivity index (χ2v) is 12.6. The van der Waals surface area contributed by atoms with Crippen LogP contribution < -0.4 is 10.6 Å². The van der Waals surface area contributed by atoms with Gasteiger partial charge in [-0.1, -0.05) is 48.6 Å². The molecule has 41 heavy (non-hydrogen) atoms. The number of nitrogens with one attached hydrogen (secondary N) is 2. The van der Waals surface area contributed by atoms with Gasteiger partial charge in [0.15, 0.2) is 0 Å². The third-order valence-electron chi connectivity index (χ3n) is 7.73. The van der Waals surface area contributed by atoms with Crippen molar-refractivity contribution >= 4 is 44.5 Å². The van der Waals surface area contributed by atoms with Crippen molar-refractivity contribution in [2.24, 2.45) is 0 Å². The SMILES string of the molecule is CCS(=O)(=O)N1C[C@@H]2C/C=C\C[C@H](NC(=O)c3cccc4ccccc34)C(=O)N2[C@H](C(=O)NC2CC(=O)OC2O)C1. The Morgan fingerprint density at radius 2 is 1.76 bits per heavy atom. The summed E-state index contributed by atoms with van der Waals surface area (Å²) in [6.07, 6.45) is 2.23. The van der Waals surface area contributed by atoms with Crippen LogP contribution in [0.2, 0.25) is 0 Å². The van der Waals surface area contributed by atoms with Crippen molar-refractivity contribution < 1.29 is 37.4 Å². The molecule has 0 aliphatic carbocycles. The van der Waals surface area contributed by atoms with Gasteiger partial charge in [-0.05, 0) is 36.6 Å². The van der Waals surface area contributed by atoms with E-state index in [0.717, 1.165) is 10.8 Å². The lowest BCUT2D eigenvalue weighted by Gasteiger charge is -2.47. The molecule has 0 bridgehead atoms. The van der Waals surface area contributed by atoms with Gasteiger partial charge in [-0.25, -0.2) is 8.42 Å². The van der Waals surface area contributed by atoms with E-state index in [1.54, 1.807) is 18.2 Å². The third-order valence-corrected chi connectivity index (χ3v) is 9.54. The molecule has 2 aromatic carbocycles. The summed E-state index contributed by atoms with van der Waals surface area (Å²) >= 11 is 0. The monoisotopic (exact) mass is 584 g/mol. The number of hydrogen-bond donors (Lipinski definition) is 3. The number of sulfonamides is 1. The van der Waals surface area contributed by atoms with E-state index in [2.05, 4.69) is 10.6 Å². The number of aliphatic hydroxyl groups excluding tert-OH is 1. The lowest BCUT2D eigenvalue weighted by Crippen LogP contribution is -2.68. The van der Waals surface area contributed by atoms with Crippen molar-refractivity contribution in [3.8, 4) is 0 Å². The fraction of sp³-hybridized carbons (Fsp3) is 0.429. The van der Waals surface area contributed by atoms with Gasteiger partial charge in [0.1, 0.15) is 18.1 Å². The number of nitrogens with zero attached hydrogens (tertiary/aromatic N) is 2. The highest BCUT2D eigenvalue weighted by molar-refractivity contribution is 7.89. The van der Waals surface area contributed by atoms with Crippen LogP contribution in [0, 0.1) is 0 Å². The molecule has 5 atom stereocenters. The van der Waals surface area contributed by atoms with Crippen molar-refractivity contribution in [1.82, 2.24) is 19.8 Å². The fourth-order valence-electron chi connectivity index (χ4n) is 5.57. The van der Waals surface area contributed by atoms with E-state index in [4.69, 9.17) is 4.74 Å². The number of amides is 3. The predicted octanol–water partition coefficient (Wildman–Crippen LogP) is 0.269. The number of fused-ring (bicyclic) bond motifs is 2. The number of benzene rings is 2. The van der Waals surface area contributed by atoms with Crippen LogP contribution in [0.3, 0.4) is 0 Å². The second kappa shape index (κ2) is 11.6. The first-order chi connectivity index (χ1) is 19.6. The Labute approximate surface area is 237 Å². The number of esters is 1. The number of cyclic esters (lactones) is 1. The average Bonchev–Trinajstić information content (AvgIpc) is 3.28. The van der Waals surface area contributed by atoms with E-state index < -0.39 is 64.2 Å². The van der Waals surface area contributed by atoms with E-state index in [0.29, 0.717) is 12.0 Å². The first-order valence-electron chi connectivity index (χ1n) is 13.5. The molecule has 5 rings (SSSR count). The number of rotatable bonds is 6. The van der Waals surface area contributed by atoms with Gasteiger partial charge in [0.05, 0.1) is 12.2 Å². The van der Waals surface area contributed by atoms with Gasteiger partial charge in [-0.15, -0.1) is 0 Å². The summed E-state index contributed by atoms with van der Waals surface area (Å²) < 4.78 is 31.6. The smallest absolute Gasteiger partial charge is 0.310 e. The zero-order valence-corrected chi connectivity index (χ0v) is 23.2. The van der Waals surface area contributed by atoms with Crippen molar-refractivity contribution in [3.63, 3.8) is 0 Å². The van der Waals surface area contributed by atoms with Crippen LogP contribution in [-0.4, -0.2) is 95.7 Å². The number of ether oxygens (including phenoxy) is 1. The Bertz CT molecular complexity index is 1500. The van der Waals surface area contributed by atoms with Crippen LogP contribution in [-0.2, 0) is 29.1 Å². The molecule has 3 N–H and O–H groups in total. The number of aliphatic hydroxyl groups is 1. The molecule has 12 nitrogen and oxygen atoms in total. The van der Waals surface area contributed by atoms with Crippen LogP contribution in [0.5, 0.6) is 0 Å². The van der Waals surface area contributed by atoms with Crippen molar-refractivity contribution in [2.45, 2.75) is 56.6 Å². The molecule has 3 aliphatic rings. The average molecular weight is 585 g/mol. The molecule has 0 aromatic heterocycles. The Morgan fingerprint density at radius 1 is 1.02 bits per heavy atom. The largest absolute Gasteiger partial charge is 0.434 e. The molecular formula is C28H32N4O8S. The summed E-state index contributed by atoms with van der Waals surface area (Å²) in [4.78, 5) is 54.0. The molecule has 0 spiro atoms. The van der Waals surface area contributed by atoms with Gasteiger partial charge < -0.3 is 25.4 Å². The van der Waals surface area contributed by atoms with Crippen LogP contribution in [0.4, 0.5) is 0 Å². The summed E-state index contributed by atoms with van der Waals surface area (Å²) in [7, 11) is -3.72. The molecular weight excluding hydrogens is 552 g/mol. The number of carbonyl (C=O) groups is 4. The zero-order chi connectivity index (χ0) is 29.3. The molecule has 2 aromatic rings. The molecule has 2 saturated heterocycles. The highest BCUT2D eigenvalue weighted by Crippen LogP contribution is 2.26. The van der Waals surface area contributed by atoms with E-state index in [1.807, 2.05) is 36.4 Å². The standard InChI is InChI=1S/C28H32N4O8S/c1-2-41(38,39)31-15-18-10-4-6-13-21(29-25(34)20-12-7-9-17-8-3-5-11-19(17)20)27(36)32(18)23(16-31)26(35)30-22-14-24(33)40-28(22)37/h3-9,11-12,18,21-23,28,37H,2,10,13-16H2,1H3,(H,29,34)(H,30,35)/b6-4-/t18-,21-,22?,23-,28?/m0/s1. The topological polar surface area (TPSA) is 162 Å². The Morgan fingerprint density at radius 3 is 2.49 bits per heavy atom. The molecule has 3 aliphatic heterocycles. The van der Waals surface area contributed by atoms with Gasteiger partial charge in [0.25, 0.3) is 5.91 Å². The van der Waals surface area contributed by atoms with Gasteiger partial charge in [0, 0.05) is 24.7 Å². The molecule has 3 heterocycles. The minimum Gasteiger partial charge on any atom is -0.434 e. The summed E-state index contributed by atoms with van der Waals surface area (Å²) in [5, 5.41) is 17.0. The number of hydrogen-bond acceptors (Lipinski definition) is 8. The number of piperazine rings is 1. The minimum atomic E-state index is -3.72. The van der Waals surface area contributed by atoms with Gasteiger partial charge >= 0.3 is 5.97 Å². The van der Waals surface area contributed by atoms with E-state index in [1.165, 1.54) is 16.1 Å². The summed E-state index contributed by atoms with van der Waals surface area (Å²) in [6, 6.07) is 8.68. The summed E-state index contributed by atoms with van der Waals surface area (Å²) in [6.45, 7) is 1.17. The van der Waals surface area contributed by atoms with Crippen LogP contribution >= 0.6 is 0 Å². The Kier molecular flexibility index (Phi) is 8.11. The van der Waals surface area contributed by atoms with Gasteiger partial charge in [-0.3, -0.25) is 19.2 Å². The van der Waals surface area contributed by atoms with Crippen molar-refractivity contribution in [3.05, 3.63) is 60.2 Å². The highest BCUT2D eigenvalue weighted by atomic mass is 32.2. The molecule has 0 radical (unpaired) electrons. The van der Waals surface area contributed by atoms with Gasteiger partial charge in [0.2, 0.25) is 28.1 Å². The maximum Gasteiger partial charge on any atom is 0.310 e. The maximum absolute atomic E-state index is 14.1. The summed E-state index contributed by atoms with van der Waals surface area (Å²) in [5.74, 6) is -2.59. The lowest BCUT2D eigenvalue weighted by molar-refractivity contribution is -0.156. The van der Waals surface area contributed by atoms with E-state index >= 15 is 0 Å². The van der Waals surface area contributed by atoms with E-state index in [-0.39, 0.29) is 31.7 Å². The van der Waals surface area contributed by atoms with Crippen molar-refractivity contribution in [2.75, 3.05) is 18.8 Å². The quantitative estimate of drug-likeness (QED) is 0.322. The zero-order valence-electron chi connectivity index (χ0n) is 22.4. The molecule has 0 saturated carbocycles. The predicted molar refractivity (Wildman–Crippen MR) is 148 cm³/mol. The second-order valence-electron chi connectivity index (χ2n) is 10.3. The van der Waals surface area contributed by atoms with Crippen LogP contribution in [0.15, 0.2) is 54.6 Å². The molecule has 3 amide bonds. The normalized spacial score (nSPS) is 27.9. The first kappa shape index (κ1) is 28.7. The Balaban J connectivity index is 1.45. The molecule has 218 valence electrons. The van der Waals surface area contributed by atoms with Gasteiger partial charge in [-0.2, -0.15) is 4.31 Å². The minimum absolute atomic E-state index is 0.0202. The first-order valence-corrected chi connectivity index (χ1v) is 15.1. The lowest BCUT2D eigenvalue weighted by atomic mass is 9.97. The van der Waals surface area contributed by atoms with E-state index in [9.17, 15) is 32.7 Å². The Hall–Kier alpha value is -3.81. The highest BCUT2D eigenvalue weighted by Gasteiger charge is 2.47. The molecule has 13 heteroatoms. The maximum atomic E-state index is 14.1. The number of carbonyl (C=O) groups excluding carboxylic acids is 4. The van der Waals surface area contributed by atoms with Crippen LogP contribution in [0.1, 0.15) is 36.5 Å². The van der Waals surface area contributed by atoms with Crippen LogP contribution in [0.25, 0.3) is 10.8 Å². The fourth-order valence-corrected chi connectivity index (χ4v) is 6.70. The third kappa shape index (κ3) is 5.83. The van der Waals surface area contributed by atoms with Crippen molar-refractivity contribution in [1.29, 1.82) is 0 Å². The molecule has 2 unspecified atom stereocenters.